The first kappa shape index (κ1) is 11.3. The van der Waals surface area contributed by atoms with Crippen molar-refractivity contribution in [2.75, 3.05) is 19.0 Å². The van der Waals surface area contributed by atoms with E-state index in [4.69, 9.17) is 4.74 Å². The molecule has 1 N–H and O–H groups in total. The molecule has 3 nitrogen and oxygen atoms in total. The van der Waals surface area contributed by atoms with E-state index >= 15 is 0 Å². The Balaban J connectivity index is 1.84. The van der Waals surface area contributed by atoms with Gasteiger partial charge < -0.3 is 10.1 Å². The predicted octanol–water partition coefficient (Wildman–Crippen LogP) is 1.88. The summed E-state index contributed by atoms with van der Waals surface area (Å²) in [4.78, 5) is 4.62. The molecule has 86 valence electrons. The Morgan fingerprint density at radius 3 is 3.07 bits per heavy atom. The highest BCUT2D eigenvalue weighted by Crippen LogP contribution is 2.20. The van der Waals surface area contributed by atoms with E-state index in [1.807, 2.05) is 11.8 Å². The Bertz CT molecular complexity index is 239. The van der Waals surface area contributed by atoms with Gasteiger partial charge in [0, 0.05) is 24.3 Å². The molecule has 15 heavy (non-hydrogen) atoms. The maximum Gasteiger partial charge on any atom is 0.157 e. The average molecular weight is 228 g/mol. The Morgan fingerprint density at radius 1 is 1.53 bits per heavy atom. The molecule has 3 unspecified atom stereocenters. The van der Waals surface area contributed by atoms with E-state index in [0.29, 0.717) is 18.0 Å². The van der Waals surface area contributed by atoms with Gasteiger partial charge in [0.25, 0.3) is 0 Å². The number of aliphatic imine (C=N–C) groups is 1. The minimum absolute atomic E-state index is 0.487. The van der Waals surface area contributed by atoms with Crippen molar-refractivity contribution in [3.05, 3.63) is 0 Å². The van der Waals surface area contributed by atoms with Gasteiger partial charge in [-0.25, -0.2) is 0 Å². The minimum atomic E-state index is 0.487. The van der Waals surface area contributed by atoms with Crippen LogP contribution < -0.4 is 5.32 Å². The summed E-state index contributed by atoms with van der Waals surface area (Å²) in [5, 5.41) is 4.66. The van der Waals surface area contributed by atoms with Crippen molar-refractivity contribution < 1.29 is 4.74 Å². The molecule has 2 aliphatic heterocycles. The summed E-state index contributed by atoms with van der Waals surface area (Å²) in [6.45, 7) is 6.25. The fourth-order valence-corrected chi connectivity index (χ4v) is 3.14. The summed E-state index contributed by atoms with van der Waals surface area (Å²) < 4.78 is 5.40. The van der Waals surface area contributed by atoms with Gasteiger partial charge >= 0.3 is 0 Å². The van der Waals surface area contributed by atoms with Crippen LogP contribution in [-0.4, -0.2) is 36.2 Å². The number of nitrogens with zero attached hydrogens (tertiary/aromatic N) is 1. The minimum Gasteiger partial charge on any atom is -0.381 e. The smallest absolute Gasteiger partial charge is 0.157 e. The molecule has 0 aromatic heterocycles. The van der Waals surface area contributed by atoms with Crippen LogP contribution in [0.2, 0.25) is 0 Å². The Hall–Kier alpha value is -0.220. The zero-order valence-corrected chi connectivity index (χ0v) is 10.3. The molecule has 0 spiro atoms. The summed E-state index contributed by atoms with van der Waals surface area (Å²) in [7, 11) is 0. The number of ether oxygens (including phenoxy) is 1. The van der Waals surface area contributed by atoms with Gasteiger partial charge in [-0.05, 0) is 26.7 Å². The van der Waals surface area contributed by atoms with Crippen LogP contribution in [0.5, 0.6) is 0 Å². The third-order valence-electron chi connectivity index (χ3n) is 3.14. The van der Waals surface area contributed by atoms with Gasteiger partial charge in [-0.15, -0.1) is 0 Å². The second kappa shape index (κ2) is 5.21. The number of rotatable bonds is 2. The summed E-state index contributed by atoms with van der Waals surface area (Å²) >= 11 is 1.85. The standard InChI is InChI=1S/C11H20N2OS/c1-8-4-6-15-11(12-8)13-9(2)10-3-5-14-7-10/h8-10H,3-7H2,1-2H3,(H,12,13). The molecule has 2 rings (SSSR count). The second-order valence-electron chi connectivity index (χ2n) is 4.48. The first-order valence-electron chi connectivity index (χ1n) is 5.80. The van der Waals surface area contributed by atoms with Crippen molar-refractivity contribution in [1.29, 1.82) is 0 Å². The number of nitrogens with one attached hydrogen (secondary N) is 1. The number of amidine groups is 1. The molecule has 4 heteroatoms. The van der Waals surface area contributed by atoms with Crippen LogP contribution >= 0.6 is 11.8 Å². The van der Waals surface area contributed by atoms with Gasteiger partial charge in [-0.1, -0.05) is 11.8 Å². The summed E-state index contributed by atoms with van der Waals surface area (Å²) in [5.74, 6) is 1.85. The highest BCUT2D eigenvalue weighted by Gasteiger charge is 2.23. The third kappa shape index (κ3) is 3.11. The SMILES string of the molecule is CC1CCSC(NC(C)C2CCOC2)=N1. The molecule has 2 aliphatic rings. The van der Waals surface area contributed by atoms with E-state index in [2.05, 4.69) is 24.2 Å². The normalized spacial score (nSPS) is 33.6. The van der Waals surface area contributed by atoms with Crippen molar-refractivity contribution in [3.8, 4) is 0 Å². The van der Waals surface area contributed by atoms with Crippen LogP contribution in [0, 0.1) is 5.92 Å². The van der Waals surface area contributed by atoms with E-state index in [9.17, 15) is 0 Å². The van der Waals surface area contributed by atoms with Crippen molar-refractivity contribution in [3.63, 3.8) is 0 Å². The molecule has 0 aromatic carbocycles. The van der Waals surface area contributed by atoms with E-state index < -0.39 is 0 Å². The fourth-order valence-electron chi connectivity index (χ4n) is 1.97. The maximum atomic E-state index is 5.40. The molecule has 1 fully saturated rings. The van der Waals surface area contributed by atoms with Crippen LogP contribution in [0.1, 0.15) is 26.7 Å². The molecule has 0 aromatic rings. The van der Waals surface area contributed by atoms with Gasteiger partial charge in [0.1, 0.15) is 0 Å². The monoisotopic (exact) mass is 228 g/mol. The second-order valence-corrected chi connectivity index (χ2v) is 5.56. The highest BCUT2D eigenvalue weighted by molar-refractivity contribution is 8.13. The lowest BCUT2D eigenvalue weighted by Gasteiger charge is -2.24. The van der Waals surface area contributed by atoms with Crippen LogP contribution in [0.4, 0.5) is 0 Å². The Labute approximate surface area is 96.1 Å². The maximum absolute atomic E-state index is 5.40. The molecular weight excluding hydrogens is 208 g/mol. The lowest BCUT2D eigenvalue weighted by Crippen LogP contribution is -2.38. The lowest BCUT2D eigenvalue weighted by molar-refractivity contribution is 0.180. The van der Waals surface area contributed by atoms with Gasteiger partial charge in [0.05, 0.1) is 12.6 Å². The molecule has 0 amide bonds. The summed E-state index contributed by atoms with van der Waals surface area (Å²) in [6.07, 6.45) is 2.39. The van der Waals surface area contributed by atoms with Gasteiger partial charge in [-0.2, -0.15) is 0 Å². The van der Waals surface area contributed by atoms with Gasteiger partial charge in [0.2, 0.25) is 0 Å². The van der Waals surface area contributed by atoms with Crippen LogP contribution in [-0.2, 0) is 4.74 Å². The Kier molecular flexibility index (Phi) is 3.92. The van der Waals surface area contributed by atoms with Crippen molar-refractivity contribution >= 4 is 16.9 Å². The van der Waals surface area contributed by atoms with E-state index in [1.165, 1.54) is 18.6 Å². The molecule has 0 aliphatic carbocycles. The zero-order chi connectivity index (χ0) is 10.7. The molecule has 1 saturated heterocycles. The number of thioether (sulfide) groups is 1. The van der Waals surface area contributed by atoms with Crippen molar-refractivity contribution in [1.82, 2.24) is 5.32 Å². The first-order valence-corrected chi connectivity index (χ1v) is 6.79. The Morgan fingerprint density at radius 2 is 2.40 bits per heavy atom. The largest absolute Gasteiger partial charge is 0.381 e. The predicted molar refractivity (Wildman–Crippen MR) is 65.5 cm³/mol. The quantitative estimate of drug-likeness (QED) is 0.783. The lowest BCUT2D eigenvalue weighted by atomic mass is 10.0. The van der Waals surface area contributed by atoms with Crippen LogP contribution in [0.25, 0.3) is 0 Å². The van der Waals surface area contributed by atoms with Crippen LogP contribution in [0.15, 0.2) is 4.99 Å². The molecule has 0 saturated carbocycles. The van der Waals surface area contributed by atoms with Crippen molar-refractivity contribution in [2.45, 2.75) is 38.8 Å². The molecule has 0 bridgehead atoms. The van der Waals surface area contributed by atoms with Gasteiger partial charge in [0.15, 0.2) is 5.17 Å². The van der Waals surface area contributed by atoms with E-state index in [0.717, 1.165) is 18.4 Å². The number of hydrogen-bond acceptors (Lipinski definition) is 4. The van der Waals surface area contributed by atoms with Gasteiger partial charge in [-0.3, -0.25) is 4.99 Å². The molecular formula is C11H20N2OS. The van der Waals surface area contributed by atoms with E-state index in [-0.39, 0.29) is 0 Å². The third-order valence-corrected chi connectivity index (χ3v) is 4.07. The molecule has 2 heterocycles. The molecule has 0 radical (unpaired) electrons. The molecule has 3 atom stereocenters. The van der Waals surface area contributed by atoms with Crippen molar-refractivity contribution in [2.24, 2.45) is 10.9 Å². The fraction of sp³-hybridized carbons (Fsp3) is 0.909. The number of hydrogen-bond donors (Lipinski definition) is 1. The van der Waals surface area contributed by atoms with E-state index in [1.54, 1.807) is 0 Å². The average Bonchev–Trinajstić information content (AvgIpc) is 2.70. The topological polar surface area (TPSA) is 33.6 Å². The first-order chi connectivity index (χ1) is 7.25. The zero-order valence-electron chi connectivity index (χ0n) is 9.53. The summed E-state index contributed by atoms with van der Waals surface area (Å²) in [6, 6.07) is 0.977. The highest BCUT2D eigenvalue weighted by atomic mass is 32.2. The van der Waals surface area contributed by atoms with Crippen LogP contribution in [0.3, 0.4) is 0 Å². The summed E-state index contributed by atoms with van der Waals surface area (Å²) in [5.41, 5.74) is 0.